The van der Waals surface area contributed by atoms with Gasteiger partial charge < -0.3 is 14.6 Å². The predicted octanol–water partition coefficient (Wildman–Crippen LogP) is 4.86. The monoisotopic (exact) mass is 424 g/mol. The zero-order valence-electron chi connectivity index (χ0n) is 17.8. The van der Waals surface area contributed by atoms with Crippen LogP contribution in [0, 0.1) is 0 Å². The van der Waals surface area contributed by atoms with E-state index in [1.54, 1.807) is 0 Å². The van der Waals surface area contributed by atoms with Crippen molar-refractivity contribution in [1.29, 1.82) is 0 Å². The van der Waals surface area contributed by atoms with Crippen molar-refractivity contribution in [2.75, 3.05) is 4.90 Å². The average molecular weight is 425 g/mol. The molecule has 3 aliphatic rings. The number of hydrogen-bond donors (Lipinski definition) is 1. The maximum Gasteiger partial charge on any atom is 0.150 e. The molecule has 1 N–H and O–H groups in total. The van der Waals surface area contributed by atoms with Gasteiger partial charge in [-0.05, 0) is 30.3 Å². The SMILES string of the molecule is c1ccc(N2c3ccccc3C3=c4[nH]c5ccccc5c4=C4c5ccccc5OC4C32)cc1. The van der Waals surface area contributed by atoms with Crippen molar-refractivity contribution in [3.05, 3.63) is 125 Å². The van der Waals surface area contributed by atoms with E-state index in [9.17, 15) is 0 Å². The highest BCUT2D eigenvalue weighted by molar-refractivity contribution is 6.00. The number of benzene rings is 4. The van der Waals surface area contributed by atoms with Crippen LogP contribution in [0.1, 0.15) is 11.1 Å². The van der Waals surface area contributed by atoms with Gasteiger partial charge in [-0.1, -0.05) is 72.8 Å². The smallest absolute Gasteiger partial charge is 0.150 e. The number of hydrogen-bond acceptors (Lipinski definition) is 2. The van der Waals surface area contributed by atoms with Crippen LogP contribution < -0.4 is 20.2 Å². The first-order chi connectivity index (χ1) is 16.4. The molecule has 0 fully saturated rings. The number of fused-ring (bicyclic) bond motifs is 10. The zero-order chi connectivity index (χ0) is 21.5. The van der Waals surface area contributed by atoms with E-state index in [1.165, 1.54) is 55.1 Å². The molecule has 33 heavy (non-hydrogen) atoms. The number of aromatic nitrogens is 1. The zero-order valence-corrected chi connectivity index (χ0v) is 17.8. The second-order valence-corrected chi connectivity index (χ2v) is 8.95. The predicted molar refractivity (Wildman–Crippen MR) is 132 cm³/mol. The highest BCUT2D eigenvalue weighted by Crippen LogP contribution is 2.50. The topological polar surface area (TPSA) is 28.3 Å². The first-order valence-corrected chi connectivity index (χ1v) is 11.4. The lowest BCUT2D eigenvalue weighted by atomic mass is 9.85. The summed E-state index contributed by atoms with van der Waals surface area (Å²) in [5, 5.41) is 3.77. The van der Waals surface area contributed by atoms with Crippen molar-refractivity contribution in [3.8, 4) is 5.75 Å². The van der Waals surface area contributed by atoms with Crippen LogP contribution in [0.25, 0.3) is 22.0 Å². The van der Waals surface area contributed by atoms with Crippen LogP contribution >= 0.6 is 0 Å². The Labute approximate surface area is 190 Å². The van der Waals surface area contributed by atoms with Gasteiger partial charge >= 0.3 is 0 Å². The van der Waals surface area contributed by atoms with Gasteiger partial charge in [0.05, 0.1) is 5.35 Å². The van der Waals surface area contributed by atoms with Gasteiger partial charge in [0.2, 0.25) is 0 Å². The number of rotatable bonds is 1. The summed E-state index contributed by atoms with van der Waals surface area (Å²) in [6, 6.07) is 36.6. The standard InChI is InChI=1S/C30H20N2O/c1-2-10-18(11-3-1)32-23-16-8-5-13-20(23)27-28-25(19-12-4-7-15-22(19)31-28)26-21-14-6-9-17-24(21)33-30(26)29(27)32/h1-17,29-31H. The van der Waals surface area contributed by atoms with Gasteiger partial charge in [0.1, 0.15) is 11.8 Å². The molecule has 3 heteroatoms. The summed E-state index contributed by atoms with van der Waals surface area (Å²) < 4.78 is 6.77. The van der Waals surface area contributed by atoms with Crippen molar-refractivity contribution < 1.29 is 4.74 Å². The van der Waals surface area contributed by atoms with Gasteiger partial charge in [-0.2, -0.15) is 0 Å². The molecule has 2 unspecified atom stereocenters. The fourth-order valence-corrected chi connectivity index (χ4v) is 6.07. The van der Waals surface area contributed by atoms with Crippen LogP contribution in [0.5, 0.6) is 5.75 Å². The van der Waals surface area contributed by atoms with E-state index in [-0.39, 0.29) is 12.1 Å². The Hall–Kier alpha value is -4.24. The van der Waals surface area contributed by atoms with Crippen LogP contribution in [0.2, 0.25) is 0 Å². The summed E-state index contributed by atoms with van der Waals surface area (Å²) in [5.74, 6) is 0.971. The molecule has 1 aliphatic carbocycles. The van der Waals surface area contributed by atoms with E-state index in [0.717, 1.165) is 5.75 Å². The van der Waals surface area contributed by atoms with Gasteiger partial charge in [0.25, 0.3) is 0 Å². The van der Waals surface area contributed by atoms with Crippen LogP contribution in [0.3, 0.4) is 0 Å². The fraction of sp³-hybridized carbons (Fsp3) is 0.0667. The second kappa shape index (κ2) is 6.17. The van der Waals surface area contributed by atoms with Gasteiger partial charge in [-0.15, -0.1) is 0 Å². The van der Waals surface area contributed by atoms with Crippen molar-refractivity contribution in [3.63, 3.8) is 0 Å². The number of nitrogens with one attached hydrogen (secondary N) is 1. The average Bonchev–Trinajstić information content (AvgIpc) is 3.53. The minimum atomic E-state index is -0.0864. The Morgan fingerprint density at radius 1 is 0.667 bits per heavy atom. The van der Waals surface area contributed by atoms with Gasteiger partial charge in [0, 0.05) is 49.8 Å². The normalized spacial score (nSPS) is 19.6. The lowest BCUT2D eigenvalue weighted by Gasteiger charge is -2.34. The molecular weight excluding hydrogens is 404 g/mol. The first kappa shape index (κ1) is 17.3. The molecule has 2 atom stereocenters. The largest absolute Gasteiger partial charge is 0.482 e. The Morgan fingerprint density at radius 3 is 2.30 bits per heavy atom. The lowest BCUT2D eigenvalue weighted by Crippen LogP contribution is -2.49. The fourth-order valence-electron chi connectivity index (χ4n) is 6.07. The van der Waals surface area contributed by atoms with E-state index < -0.39 is 0 Å². The van der Waals surface area contributed by atoms with Gasteiger partial charge in [-0.3, -0.25) is 0 Å². The van der Waals surface area contributed by atoms with E-state index in [1.807, 2.05) is 0 Å². The summed E-state index contributed by atoms with van der Waals surface area (Å²) in [4.78, 5) is 6.27. The summed E-state index contributed by atoms with van der Waals surface area (Å²) in [5.41, 5.74) is 8.68. The number of nitrogens with zero attached hydrogens (tertiary/aromatic N) is 1. The highest BCUT2D eigenvalue weighted by atomic mass is 16.5. The Morgan fingerprint density at radius 2 is 1.39 bits per heavy atom. The molecule has 2 aliphatic heterocycles. The van der Waals surface area contributed by atoms with Crippen LogP contribution in [-0.4, -0.2) is 17.1 Å². The van der Waals surface area contributed by atoms with E-state index in [4.69, 9.17) is 4.74 Å². The van der Waals surface area contributed by atoms with Crippen LogP contribution in [0.4, 0.5) is 11.4 Å². The maximum atomic E-state index is 6.77. The quantitative estimate of drug-likeness (QED) is 0.416. The molecule has 156 valence electrons. The van der Waals surface area contributed by atoms with Crippen molar-refractivity contribution in [2.45, 2.75) is 12.1 Å². The van der Waals surface area contributed by atoms with Crippen molar-refractivity contribution in [2.24, 2.45) is 0 Å². The molecule has 3 nitrogen and oxygen atoms in total. The minimum Gasteiger partial charge on any atom is -0.482 e. The highest BCUT2D eigenvalue weighted by Gasteiger charge is 2.48. The molecule has 0 spiro atoms. The molecule has 1 aromatic heterocycles. The molecule has 0 bridgehead atoms. The number of aromatic amines is 1. The molecule has 0 radical (unpaired) electrons. The summed E-state index contributed by atoms with van der Waals surface area (Å²) >= 11 is 0. The number of ether oxygens (including phenoxy) is 1. The molecule has 0 amide bonds. The Kier molecular flexibility index (Phi) is 3.24. The van der Waals surface area contributed by atoms with Crippen LogP contribution in [-0.2, 0) is 0 Å². The summed E-state index contributed by atoms with van der Waals surface area (Å²) in [6.07, 6.45) is -0.0864. The number of para-hydroxylation sites is 4. The first-order valence-electron chi connectivity index (χ1n) is 11.4. The van der Waals surface area contributed by atoms with Crippen LogP contribution in [0.15, 0.2) is 103 Å². The van der Waals surface area contributed by atoms with Gasteiger partial charge in [-0.25, -0.2) is 0 Å². The summed E-state index contributed by atoms with van der Waals surface area (Å²) in [6.45, 7) is 0. The molecule has 0 saturated heterocycles. The number of anilines is 2. The molecule has 8 rings (SSSR count). The minimum absolute atomic E-state index is 0.0489. The molecular formula is C30H20N2O. The molecule has 4 aromatic carbocycles. The third-order valence-electron chi connectivity index (χ3n) is 7.31. The third-order valence-corrected chi connectivity index (χ3v) is 7.31. The molecule has 5 aromatic rings. The van der Waals surface area contributed by atoms with Crippen molar-refractivity contribution >= 4 is 33.4 Å². The summed E-state index contributed by atoms with van der Waals surface area (Å²) in [7, 11) is 0. The van der Waals surface area contributed by atoms with E-state index in [0.29, 0.717) is 0 Å². The molecule has 0 saturated carbocycles. The second-order valence-electron chi connectivity index (χ2n) is 8.95. The Bertz CT molecular complexity index is 1710. The third kappa shape index (κ3) is 2.14. The molecule has 3 heterocycles. The van der Waals surface area contributed by atoms with Gasteiger partial charge in [0.15, 0.2) is 6.10 Å². The lowest BCUT2D eigenvalue weighted by molar-refractivity contribution is 0.262. The van der Waals surface area contributed by atoms with E-state index >= 15 is 0 Å². The maximum absolute atomic E-state index is 6.77. The Balaban J connectivity index is 1.58. The van der Waals surface area contributed by atoms with Crippen molar-refractivity contribution in [1.82, 2.24) is 4.98 Å². The number of H-pyrrole nitrogens is 1. The van der Waals surface area contributed by atoms with E-state index in [2.05, 4.69) is 113 Å².